The van der Waals surface area contributed by atoms with E-state index in [1.54, 1.807) is 12.1 Å². The molecule has 1 aromatic rings. The molecule has 1 saturated heterocycles. The van der Waals surface area contributed by atoms with Gasteiger partial charge in [0.1, 0.15) is 0 Å². The molecule has 0 aromatic heterocycles. The summed E-state index contributed by atoms with van der Waals surface area (Å²) in [6.07, 6.45) is 1.49. The quantitative estimate of drug-likeness (QED) is 0.927. The second-order valence-corrected chi connectivity index (χ2v) is 8.08. The van der Waals surface area contributed by atoms with Crippen LogP contribution in [0, 0.1) is 5.92 Å². The summed E-state index contributed by atoms with van der Waals surface area (Å²) in [5, 5.41) is 4.50. The highest BCUT2D eigenvalue weighted by Crippen LogP contribution is 2.33. The first-order chi connectivity index (χ1) is 8.91. The van der Waals surface area contributed by atoms with Crippen molar-refractivity contribution in [2.75, 3.05) is 18.6 Å². The Morgan fingerprint density at radius 3 is 2.74 bits per heavy atom. The van der Waals surface area contributed by atoms with Crippen LogP contribution in [0.15, 0.2) is 18.2 Å². The molecule has 106 valence electrons. The Kier molecular flexibility index (Phi) is 4.77. The maximum absolute atomic E-state index is 11.5. The number of hydrogen-bond donors (Lipinski definition) is 1. The van der Waals surface area contributed by atoms with Crippen molar-refractivity contribution in [1.29, 1.82) is 0 Å². The highest BCUT2D eigenvalue weighted by Gasteiger charge is 2.30. The topological polar surface area (TPSA) is 46.2 Å². The van der Waals surface area contributed by atoms with Crippen molar-refractivity contribution in [2.45, 2.75) is 18.9 Å². The van der Waals surface area contributed by atoms with Gasteiger partial charge >= 0.3 is 0 Å². The monoisotopic (exact) mass is 321 g/mol. The van der Waals surface area contributed by atoms with Crippen molar-refractivity contribution >= 4 is 33.0 Å². The summed E-state index contributed by atoms with van der Waals surface area (Å²) in [4.78, 5) is 0. The number of sulfone groups is 1. The molecule has 1 aromatic carbocycles. The standard InChI is InChI=1S/C13H17Cl2NO2S/c1-16-13(6-9-4-5-19(17,18)8-9)11-7-10(14)2-3-12(11)15/h2-3,7,9,13,16H,4-6,8H2,1H3. The van der Waals surface area contributed by atoms with E-state index >= 15 is 0 Å². The fraction of sp³-hybridized carbons (Fsp3) is 0.538. The Morgan fingerprint density at radius 2 is 2.16 bits per heavy atom. The minimum atomic E-state index is -2.84. The van der Waals surface area contributed by atoms with E-state index in [9.17, 15) is 8.42 Å². The van der Waals surface area contributed by atoms with E-state index in [1.807, 2.05) is 13.1 Å². The van der Waals surface area contributed by atoms with Crippen molar-refractivity contribution in [3.63, 3.8) is 0 Å². The average molecular weight is 322 g/mol. The second-order valence-electron chi connectivity index (χ2n) is 5.01. The van der Waals surface area contributed by atoms with Gasteiger partial charge in [-0.25, -0.2) is 8.42 Å². The highest BCUT2D eigenvalue weighted by molar-refractivity contribution is 7.91. The molecule has 0 amide bonds. The lowest BCUT2D eigenvalue weighted by atomic mass is 9.94. The Bertz CT molecular complexity index is 560. The average Bonchev–Trinajstić information content (AvgIpc) is 2.69. The zero-order valence-corrected chi connectivity index (χ0v) is 13.0. The van der Waals surface area contributed by atoms with Crippen molar-refractivity contribution in [3.05, 3.63) is 33.8 Å². The van der Waals surface area contributed by atoms with Crippen LogP contribution in [0.25, 0.3) is 0 Å². The Balaban J connectivity index is 2.14. The van der Waals surface area contributed by atoms with Crippen molar-refractivity contribution in [3.8, 4) is 0 Å². The van der Waals surface area contributed by atoms with Crippen LogP contribution < -0.4 is 5.32 Å². The molecule has 2 unspecified atom stereocenters. The SMILES string of the molecule is CNC(CC1CCS(=O)(=O)C1)c1cc(Cl)ccc1Cl. The predicted molar refractivity (Wildman–Crippen MR) is 79.6 cm³/mol. The smallest absolute Gasteiger partial charge is 0.150 e. The molecule has 1 N–H and O–H groups in total. The molecule has 2 atom stereocenters. The third-order valence-electron chi connectivity index (χ3n) is 3.58. The largest absolute Gasteiger partial charge is 0.313 e. The molecule has 1 aliphatic heterocycles. The Hall–Kier alpha value is -0.290. The van der Waals surface area contributed by atoms with Gasteiger partial charge in [-0.3, -0.25) is 0 Å². The van der Waals surface area contributed by atoms with Crippen LogP contribution >= 0.6 is 23.2 Å². The van der Waals surface area contributed by atoms with Gasteiger partial charge < -0.3 is 5.32 Å². The van der Waals surface area contributed by atoms with Crippen molar-refractivity contribution < 1.29 is 8.42 Å². The van der Waals surface area contributed by atoms with Crippen molar-refractivity contribution in [1.82, 2.24) is 5.32 Å². The fourth-order valence-electron chi connectivity index (χ4n) is 2.57. The molecular formula is C13H17Cl2NO2S. The summed E-state index contributed by atoms with van der Waals surface area (Å²) in [7, 11) is -0.984. The van der Waals surface area contributed by atoms with Gasteiger partial charge in [-0.15, -0.1) is 0 Å². The first kappa shape index (κ1) is 15.1. The zero-order valence-electron chi connectivity index (χ0n) is 10.7. The lowest BCUT2D eigenvalue weighted by molar-refractivity contribution is 0.437. The van der Waals surface area contributed by atoms with E-state index in [-0.39, 0.29) is 17.7 Å². The van der Waals surface area contributed by atoms with Gasteiger partial charge in [-0.1, -0.05) is 23.2 Å². The normalized spacial score (nSPS) is 23.4. The number of benzene rings is 1. The molecule has 0 saturated carbocycles. The summed E-state index contributed by atoms with van der Waals surface area (Å²) >= 11 is 12.2. The summed E-state index contributed by atoms with van der Waals surface area (Å²) < 4.78 is 23.0. The molecule has 0 aliphatic carbocycles. The van der Waals surface area contributed by atoms with Crippen LogP contribution in [0.3, 0.4) is 0 Å². The maximum Gasteiger partial charge on any atom is 0.150 e. The first-order valence-corrected chi connectivity index (χ1v) is 8.81. The molecule has 1 aliphatic rings. The summed E-state index contributed by atoms with van der Waals surface area (Å²) in [5.41, 5.74) is 0.931. The molecule has 6 heteroatoms. The molecule has 3 nitrogen and oxygen atoms in total. The summed E-state index contributed by atoms with van der Waals surface area (Å²) in [6, 6.07) is 5.40. The maximum atomic E-state index is 11.5. The van der Waals surface area contributed by atoms with E-state index in [1.165, 1.54) is 0 Å². The third-order valence-corrected chi connectivity index (χ3v) is 5.99. The molecule has 0 radical (unpaired) electrons. The van der Waals surface area contributed by atoms with Gasteiger partial charge in [0.25, 0.3) is 0 Å². The lowest BCUT2D eigenvalue weighted by Crippen LogP contribution is -2.21. The number of hydrogen-bond acceptors (Lipinski definition) is 3. The molecular weight excluding hydrogens is 305 g/mol. The van der Waals surface area contributed by atoms with Crippen LogP contribution in [0.1, 0.15) is 24.4 Å². The van der Waals surface area contributed by atoms with Crippen LogP contribution in [-0.2, 0) is 9.84 Å². The Morgan fingerprint density at radius 1 is 1.42 bits per heavy atom. The highest BCUT2D eigenvalue weighted by atomic mass is 35.5. The Labute approximate surface area is 124 Å². The fourth-order valence-corrected chi connectivity index (χ4v) is 4.88. The molecule has 1 fully saturated rings. The third kappa shape index (κ3) is 3.85. The van der Waals surface area contributed by atoms with Gasteiger partial charge in [-0.05, 0) is 49.6 Å². The molecule has 1 heterocycles. The van der Waals surface area contributed by atoms with Crippen LogP contribution in [0.4, 0.5) is 0 Å². The van der Waals surface area contributed by atoms with Crippen LogP contribution in [0.5, 0.6) is 0 Å². The summed E-state index contributed by atoms with van der Waals surface area (Å²) in [5.74, 6) is 0.776. The van der Waals surface area contributed by atoms with Gasteiger partial charge in [0.15, 0.2) is 9.84 Å². The van der Waals surface area contributed by atoms with E-state index < -0.39 is 9.84 Å². The minimum absolute atomic E-state index is 0.0319. The van der Waals surface area contributed by atoms with E-state index in [4.69, 9.17) is 23.2 Å². The van der Waals surface area contributed by atoms with Gasteiger partial charge in [-0.2, -0.15) is 0 Å². The number of nitrogens with one attached hydrogen (secondary N) is 1. The molecule has 0 bridgehead atoms. The summed E-state index contributed by atoms with van der Waals surface area (Å²) in [6.45, 7) is 0. The number of halogens is 2. The van der Waals surface area contributed by atoms with Crippen LogP contribution in [-0.4, -0.2) is 27.0 Å². The van der Waals surface area contributed by atoms with Gasteiger partial charge in [0.2, 0.25) is 0 Å². The van der Waals surface area contributed by atoms with Gasteiger partial charge in [0.05, 0.1) is 11.5 Å². The zero-order chi connectivity index (χ0) is 14.0. The molecule has 2 rings (SSSR count). The van der Waals surface area contributed by atoms with Crippen LogP contribution in [0.2, 0.25) is 10.0 Å². The molecule has 0 spiro atoms. The minimum Gasteiger partial charge on any atom is -0.313 e. The van der Waals surface area contributed by atoms with E-state index in [0.717, 1.165) is 18.4 Å². The van der Waals surface area contributed by atoms with Gasteiger partial charge in [0, 0.05) is 16.1 Å². The van der Waals surface area contributed by atoms with Crippen molar-refractivity contribution in [2.24, 2.45) is 5.92 Å². The van der Waals surface area contributed by atoms with E-state index in [0.29, 0.717) is 15.8 Å². The van der Waals surface area contributed by atoms with E-state index in [2.05, 4.69) is 5.32 Å². The first-order valence-electron chi connectivity index (χ1n) is 6.24. The molecule has 19 heavy (non-hydrogen) atoms. The predicted octanol–water partition coefficient (Wildman–Crippen LogP) is 3.08. The lowest BCUT2D eigenvalue weighted by Gasteiger charge is -2.21. The number of rotatable bonds is 4. The second kappa shape index (κ2) is 6.00.